The Labute approximate surface area is 143 Å². The topological polar surface area (TPSA) is 127 Å². The maximum atomic E-state index is 11.2. The van der Waals surface area contributed by atoms with Gasteiger partial charge in [-0.3, -0.25) is 10.1 Å². The van der Waals surface area contributed by atoms with E-state index >= 15 is 0 Å². The normalized spacial score (nSPS) is 10.9. The molecule has 0 fully saturated rings. The second kappa shape index (κ2) is 6.91. The van der Waals surface area contributed by atoms with Crippen LogP contribution in [0.2, 0.25) is 0 Å². The summed E-state index contributed by atoms with van der Waals surface area (Å²) in [4.78, 5) is 10.2. The number of sulfonamides is 1. The number of nitrogens with one attached hydrogen (secondary N) is 2. The Kier molecular flexibility index (Phi) is 5.12. The van der Waals surface area contributed by atoms with Crippen LogP contribution in [0.25, 0.3) is 0 Å². The van der Waals surface area contributed by atoms with Crippen molar-refractivity contribution in [2.75, 3.05) is 10.6 Å². The average Bonchev–Trinajstić information content (AvgIpc) is 2.48. The molecule has 2 rings (SSSR count). The Morgan fingerprint density at radius 1 is 1.17 bits per heavy atom. The van der Waals surface area contributed by atoms with Crippen LogP contribution in [0.3, 0.4) is 0 Å². The van der Waals surface area contributed by atoms with Crippen LogP contribution in [0.1, 0.15) is 5.56 Å². The lowest BCUT2D eigenvalue weighted by Gasteiger charge is -2.12. The number of hydrogen-bond acceptors (Lipinski definition) is 5. The fourth-order valence-corrected chi connectivity index (χ4v) is 2.66. The molecule has 126 valence electrons. The van der Waals surface area contributed by atoms with Crippen molar-refractivity contribution in [1.82, 2.24) is 0 Å². The summed E-state index contributed by atoms with van der Waals surface area (Å²) < 4.78 is 22.4. The largest absolute Gasteiger partial charge is 0.332 e. The first kappa shape index (κ1) is 17.8. The van der Waals surface area contributed by atoms with Crippen LogP contribution >= 0.6 is 12.2 Å². The van der Waals surface area contributed by atoms with Gasteiger partial charge in [0.25, 0.3) is 5.69 Å². The number of non-ortho nitro benzene ring substituents is 1. The molecule has 0 saturated heterocycles. The summed E-state index contributed by atoms with van der Waals surface area (Å²) in [6, 6.07) is 10.1. The first-order chi connectivity index (χ1) is 11.2. The van der Waals surface area contributed by atoms with E-state index in [1.807, 2.05) is 0 Å². The van der Waals surface area contributed by atoms with Crippen molar-refractivity contribution < 1.29 is 13.3 Å². The van der Waals surface area contributed by atoms with E-state index in [0.29, 0.717) is 16.9 Å². The van der Waals surface area contributed by atoms with Gasteiger partial charge in [0.1, 0.15) is 0 Å². The average molecular weight is 366 g/mol. The van der Waals surface area contributed by atoms with Crippen molar-refractivity contribution in [1.29, 1.82) is 0 Å². The number of thiocarbonyl (C=S) groups is 1. The zero-order valence-corrected chi connectivity index (χ0v) is 14.1. The van der Waals surface area contributed by atoms with E-state index < -0.39 is 14.9 Å². The van der Waals surface area contributed by atoms with Gasteiger partial charge in [0, 0.05) is 23.5 Å². The standard InChI is InChI=1S/C14H14N4O4S2/c1-9-8-11(18(19)20)4-7-13(9)17-14(23)16-10-2-5-12(6-3-10)24(15,21)22/h2-8H,1H3,(H2,15,21,22)(H2,16,17,23). The van der Waals surface area contributed by atoms with E-state index in [-0.39, 0.29) is 15.7 Å². The molecular formula is C14H14N4O4S2. The van der Waals surface area contributed by atoms with E-state index in [1.54, 1.807) is 13.0 Å². The number of nitro benzene ring substituents is 1. The Bertz CT molecular complexity index is 895. The maximum Gasteiger partial charge on any atom is 0.269 e. The molecule has 10 heteroatoms. The third-order valence-corrected chi connectivity index (χ3v) is 4.24. The summed E-state index contributed by atoms with van der Waals surface area (Å²) in [5.41, 5.74) is 1.85. The number of nitrogens with two attached hydrogens (primary N) is 1. The van der Waals surface area contributed by atoms with E-state index in [1.165, 1.54) is 36.4 Å². The molecule has 24 heavy (non-hydrogen) atoms. The number of nitrogens with zero attached hydrogens (tertiary/aromatic N) is 1. The SMILES string of the molecule is Cc1cc([N+](=O)[O-])ccc1NC(=S)Nc1ccc(S(N)(=O)=O)cc1. The molecule has 0 bridgehead atoms. The minimum Gasteiger partial charge on any atom is -0.332 e. The monoisotopic (exact) mass is 366 g/mol. The van der Waals surface area contributed by atoms with E-state index in [2.05, 4.69) is 10.6 Å². The van der Waals surface area contributed by atoms with Gasteiger partial charge in [0.15, 0.2) is 5.11 Å². The van der Waals surface area contributed by atoms with Crippen LogP contribution in [-0.4, -0.2) is 18.5 Å². The molecule has 0 aliphatic rings. The zero-order chi connectivity index (χ0) is 17.9. The molecule has 0 unspecified atom stereocenters. The van der Waals surface area contributed by atoms with Crippen LogP contribution in [0, 0.1) is 17.0 Å². The van der Waals surface area contributed by atoms with Gasteiger partial charge >= 0.3 is 0 Å². The summed E-state index contributed by atoms with van der Waals surface area (Å²) in [6.07, 6.45) is 0. The Morgan fingerprint density at radius 3 is 2.29 bits per heavy atom. The minimum atomic E-state index is -3.74. The molecule has 4 N–H and O–H groups in total. The maximum absolute atomic E-state index is 11.2. The molecule has 8 nitrogen and oxygen atoms in total. The fraction of sp³-hybridized carbons (Fsp3) is 0.0714. The minimum absolute atomic E-state index is 0.00172. The molecule has 0 spiro atoms. The molecule has 0 atom stereocenters. The van der Waals surface area contributed by atoms with Gasteiger partial charge < -0.3 is 10.6 Å². The fourth-order valence-electron chi connectivity index (χ4n) is 1.91. The summed E-state index contributed by atoms with van der Waals surface area (Å²) in [5.74, 6) is 0. The molecule has 0 saturated carbocycles. The predicted octanol–water partition coefficient (Wildman–Crippen LogP) is 2.36. The highest BCUT2D eigenvalue weighted by molar-refractivity contribution is 7.89. The highest BCUT2D eigenvalue weighted by Gasteiger charge is 2.10. The van der Waals surface area contributed by atoms with Crippen molar-refractivity contribution in [3.8, 4) is 0 Å². The van der Waals surface area contributed by atoms with Gasteiger partial charge in [-0.15, -0.1) is 0 Å². The zero-order valence-electron chi connectivity index (χ0n) is 12.5. The number of hydrogen-bond donors (Lipinski definition) is 3. The lowest BCUT2D eigenvalue weighted by atomic mass is 10.2. The second-order valence-electron chi connectivity index (χ2n) is 4.90. The third kappa shape index (κ3) is 4.47. The molecule has 2 aromatic rings. The molecule has 0 aliphatic heterocycles. The van der Waals surface area contributed by atoms with E-state index in [0.717, 1.165) is 0 Å². The van der Waals surface area contributed by atoms with Gasteiger partial charge in [-0.05, 0) is 55.0 Å². The Balaban J connectivity index is 2.07. The van der Waals surface area contributed by atoms with Crippen LogP contribution in [0.5, 0.6) is 0 Å². The summed E-state index contributed by atoms with van der Waals surface area (Å²) in [7, 11) is -3.74. The van der Waals surface area contributed by atoms with Crippen LogP contribution < -0.4 is 15.8 Å². The highest BCUT2D eigenvalue weighted by Crippen LogP contribution is 2.21. The molecule has 2 aromatic carbocycles. The quantitative estimate of drug-likeness (QED) is 0.430. The lowest BCUT2D eigenvalue weighted by molar-refractivity contribution is -0.384. The van der Waals surface area contributed by atoms with Crippen molar-refractivity contribution in [2.24, 2.45) is 5.14 Å². The smallest absolute Gasteiger partial charge is 0.269 e. The van der Waals surface area contributed by atoms with E-state index in [9.17, 15) is 18.5 Å². The molecule has 0 aromatic heterocycles. The Morgan fingerprint density at radius 2 is 1.79 bits per heavy atom. The molecular weight excluding hydrogens is 352 g/mol. The molecule has 0 heterocycles. The second-order valence-corrected chi connectivity index (χ2v) is 6.87. The Hall–Kier alpha value is -2.56. The van der Waals surface area contributed by atoms with Gasteiger partial charge in [-0.1, -0.05) is 0 Å². The highest BCUT2D eigenvalue weighted by atomic mass is 32.2. The lowest BCUT2D eigenvalue weighted by Crippen LogP contribution is -2.19. The van der Waals surface area contributed by atoms with Crippen molar-refractivity contribution in [3.63, 3.8) is 0 Å². The van der Waals surface area contributed by atoms with Crippen molar-refractivity contribution >= 4 is 44.4 Å². The number of primary sulfonamides is 1. The summed E-state index contributed by atoms with van der Waals surface area (Å²) in [6.45, 7) is 1.72. The number of rotatable bonds is 4. The number of anilines is 2. The van der Waals surface area contributed by atoms with Gasteiger partial charge in [0.05, 0.1) is 9.82 Å². The summed E-state index contributed by atoms with van der Waals surface area (Å²) in [5, 5.41) is 21.8. The number of aryl methyl sites for hydroxylation is 1. The van der Waals surface area contributed by atoms with Gasteiger partial charge in [-0.25, -0.2) is 13.6 Å². The molecule has 0 radical (unpaired) electrons. The molecule has 0 amide bonds. The third-order valence-electron chi connectivity index (χ3n) is 3.11. The first-order valence-corrected chi connectivity index (χ1v) is 8.58. The van der Waals surface area contributed by atoms with Crippen molar-refractivity contribution in [3.05, 3.63) is 58.1 Å². The van der Waals surface area contributed by atoms with Crippen molar-refractivity contribution in [2.45, 2.75) is 11.8 Å². The van der Waals surface area contributed by atoms with Gasteiger partial charge in [0.2, 0.25) is 10.0 Å². The van der Waals surface area contributed by atoms with E-state index in [4.69, 9.17) is 17.4 Å². The predicted molar refractivity (Wildman–Crippen MR) is 95.5 cm³/mol. The van der Waals surface area contributed by atoms with Gasteiger partial charge in [-0.2, -0.15) is 0 Å². The summed E-state index contributed by atoms with van der Waals surface area (Å²) >= 11 is 5.17. The number of nitro groups is 1. The first-order valence-electron chi connectivity index (χ1n) is 6.63. The number of benzene rings is 2. The van der Waals surface area contributed by atoms with Crippen LogP contribution in [0.4, 0.5) is 17.1 Å². The van der Waals surface area contributed by atoms with Crippen LogP contribution in [0.15, 0.2) is 47.4 Å². The van der Waals surface area contributed by atoms with Crippen LogP contribution in [-0.2, 0) is 10.0 Å². The molecule has 0 aliphatic carbocycles.